The minimum Gasteiger partial charge on any atom is -0.455 e. The zero-order valence-electron chi connectivity index (χ0n) is 17.2. The van der Waals surface area contributed by atoms with Crippen LogP contribution in [0.15, 0.2) is 79.0 Å². The van der Waals surface area contributed by atoms with Crippen molar-refractivity contribution in [3.8, 4) is 11.5 Å². The number of nitrogens with one attached hydrogen (secondary N) is 1. The molecule has 1 N–H and O–H groups in total. The van der Waals surface area contributed by atoms with Crippen LogP contribution < -0.4 is 10.1 Å². The largest absolute Gasteiger partial charge is 0.455 e. The average Bonchev–Trinajstić information content (AvgIpc) is 2.62. The van der Waals surface area contributed by atoms with E-state index in [0.717, 1.165) is 28.5 Å². The Morgan fingerprint density at radius 2 is 1.56 bits per heavy atom. The predicted octanol–water partition coefficient (Wildman–Crippen LogP) is 7.78. The normalized spacial score (nSPS) is 11.6. The average molecular weight is 362 g/mol. The summed E-state index contributed by atoms with van der Waals surface area (Å²) in [7, 11) is 0. The van der Waals surface area contributed by atoms with Gasteiger partial charge in [-0.25, -0.2) is 0 Å². The summed E-state index contributed by atoms with van der Waals surface area (Å²) < 4.78 is 6.51. The highest BCUT2D eigenvalue weighted by Gasteiger charge is 2.17. The second-order valence-electron chi connectivity index (χ2n) is 7.39. The molecule has 0 amide bonds. The maximum absolute atomic E-state index is 6.51. The lowest BCUT2D eigenvalue weighted by Crippen LogP contribution is -2.04. The van der Waals surface area contributed by atoms with Crippen LogP contribution in [0.3, 0.4) is 0 Å². The maximum atomic E-state index is 6.51. The Hall–Kier alpha value is -2.74. The van der Waals surface area contributed by atoms with Gasteiger partial charge in [-0.1, -0.05) is 77.3 Å². The van der Waals surface area contributed by atoms with Gasteiger partial charge >= 0.3 is 0 Å². The van der Waals surface area contributed by atoms with Crippen LogP contribution in [-0.2, 0) is 0 Å². The van der Waals surface area contributed by atoms with Crippen LogP contribution in [0.5, 0.6) is 11.5 Å². The van der Waals surface area contributed by atoms with E-state index in [1.807, 2.05) is 37.3 Å². The number of allylic oxidation sites excluding steroid dienone is 3. The fourth-order valence-electron chi connectivity index (χ4n) is 2.92. The minimum absolute atomic E-state index is 0.380. The summed E-state index contributed by atoms with van der Waals surface area (Å²) in [6.45, 7) is 18.6. The molecular weight excluding hydrogens is 330 g/mol. The van der Waals surface area contributed by atoms with E-state index >= 15 is 0 Å². The topological polar surface area (TPSA) is 21.3 Å². The van der Waals surface area contributed by atoms with Gasteiger partial charge in [-0.05, 0) is 53.7 Å². The van der Waals surface area contributed by atoms with Crippen LogP contribution in [0.1, 0.15) is 57.6 Å². The Bertz CT molecular complexity index is 817. The van der Waals surface area contributed by atoms with E-state index in [1.165, 1.54) is 11.1 Å². The molecule has 2 aromatic carbocycles. The number of anilines is 1. The van der Waals surface area contributed by atoms with Crippen molar-refractivity contribution in [1.29, 1.82) is 0 Å². The quantitative estimate of drug-likeness (QED) is 0.485. The van der Waals surface area contributed by atoms with E-state index < -0.39 is 0 Å². The van der Waals surface area contributed by atoms with Crippen molar-refractivity contribution in [2.75, 3.05) is 5.32 Å². The molecule has 0 saturated heterocycles. The van der Waals surface area contributed by atoms with Gasteiger partial charge in [0.05, 0.1) is 5.69 Å². The fourth-order valence-corrected chi connectivity index (χ4v) is 2.92. The molecule has 0 radical (unpaired) electrons. The molecule has 0 saturated carbocycles. The summed E-state index contributed by atoms with van der Waals surface area (Å²) >= 11 is 0. The second kappa shape index (κ2) is 9.27. The van der Waals surface area contributed by atoms with E-state index in [9.17, 15) is 0 Å². The molecule has 0 spiro atoms. The molecule has 0 fully saturated rings. The molecule has 0 atom stereocenters. The Morgan fingerprint density at radius 3 is 2.07 bits per heavy atom. The molecular formula is C25H31NO. The van der Waals surface area contributed by atoms with Gasteiger partial charge in [0, 0.05) is 5.70 Å². The molecule has 2 nitrogen and oxygen atoms in total. The summed E-state index contributed by atoms with van der Waals surface area (Å²) in [4.78, 5) is 0. The first-order chi connectivity index (χ1) is 12.8. The molecule has 27 heavy (non-hydrogen) atoms. The van der Waals surface area contributed by atoms with Crippen molar-refractivity contribution in [2.45, 2.75) is 46.5 Å². The van der Waals surface area contributed by atoms with Gasteiger partial charge in [-0.3, -0.25) is 0 Å². The SMILES string of the molecule is C=C/C=C(/Nc1ccccc1Oc1c(C(C)C)cccc1C(C)C)C(=C)C. The van der Waals surface area contributed by atoms with Gasteiger partial charge in [0.1, 0.15) is 5.75 Å². The second-order valence-corrected chi connectivity index (χ2v) is 7.39. The first-order valence-corrected chi connectivity index (χ1v) is 9.50. The van der Waals surface area contributed by atoms with Crippen LogP contribution in [0, 0.1) is 0 Å². The van der Waals surface area contributed by atoms with E-state index in [4.69, 9.17) is 4.74 Å². The number of hydrogen-bond acceptors (Lipinski definition) is 2. The van der Waals surface area contributed by atoms with Gasteiger partial charge in [-0.2, -0.15) is 0 Å². The number of ether oxygens (including phenoxy) is 1. The Morgan fingerprint density at radius 1 is 0.963 bits per heavy atom. The van der Waals surface area contributed by atoms with Crippen molar-refractivity contribution >= 4 is 5.69 Å². The standard InChI is InChI=1S/C25H31NO/c1-8-12-22(19(6)7)26-23-15-9-10-16-24(23)27-25-20(17(2)3)13-11-14-21(25)18(4)5/h8-18,26H,1,6H2,2-5,7H3/b22-12+. The maximum Gasteiger partial charge on any atom is 0.150 e. The van der Waals surface area contributed by atoms with Crippen molar-refractivity contribution in [2.24, 2.45) is 0 Å². The van der Waals surface area contributed by atoms with Crippen LogP contribution in [0.4, 0.5) is 5.69 Å². The molecule has 2 heteroatoms. The van der Waals surface area contributed by atoms with Gasteiger partial charge in [0.25, 0.3) is 0 Å². The van der Waals surface area contributed by atoms with Crippen molar-refractivity contribution in [3.05, 3.63) is 90.2 Å². The Labute approximate surface area is 164 Å². The number of para-hydroxylation sites is 3. The van der Waals surface area contributed by atoms with E-state index in [1.54, 1.807) is 6.08 Å². The van der Waals surface area contributed by atoms with Gasteiger partial charge in [0.2, 0.25) is 0 Å². The third-order valence-electron chi connectivity index (χ3n) is 4.43. The number of hydrogen-bond donors (Lipinski definition) is 1. The lowest BCUT2D eigenvalue weighted by molar-refractivity contribution is 0.465. The third-order valence-corrected chi connectivity index (χ3v) is 4.43. The fraction of sp³-hybridized carbons (Fsp3) is 0.280. The van der Waals surface area contributed by atoms with E-state index in [0.29, 0.717) is 11.8 Å². The summed E-state index contributed by atoms with van der Waals surface area (Å²) in [5, 5.41) is 3.43. The zero-order valence-corrected chi connectivity index (χ0v) is 17.2. The lowest BCUT2D eigenvalue weighted by atomic mass is 9.94. The molecule has 142 valence electrons. The Balaban J connectivity index is 2.49. The highest BCUT2D eigenvalue weighted by atomic mass is 16.5. The van der Waals surface area contributed by atoms with Crippen molar-refractivity contribution in [3.63, 3.8) is 0 Å². The molecule has 0 bridgehead atoms. The molecule has 2 aromatic rings. The Kier molecular flexibility index (Phi) is 7.06. The van der Waals surface area contributed by atoms with Crippen molar-refractivity contribution < 1.29 is 4.74 Å². The number of rotatable bonds is 8. The molecule has 0 aliphatic rings. The molecule has 0 unspecified atom stereocenters. The first-order valence-electron chi connectivity index (χ1n) is 9.50. The van der Waals surface area contributed by atoms with Crippen LogP contribution in [-0.4, -0.2) is 0 Å². The monoisotopic (exact) mass is 361 g/mol. The highest BCUT2D eigenvalue weighted by molar-refractivity contribution is 5.63. The van der Waals surface area contributed by atoms with Gasteiger partial charge in [0.15, 0.2) is 5.75 Å². The van der Waals surface area contributed by atoms with E-state index in [-0.39, 0.29) is 0 Å². The number of benzene rings is 2. The molecule has 0 aromatic heterocycles. The molecule has 0 heterocycles. The molecule has 2 rings (SSSR count). The highest BCUT2D eigenvalue weighted by Crippen LogP contribution is 2.39. The minimum atomic E-state index is 0.380. The predicted molar refractivity (Wildman–Crippen MR) is 118 cm³/mol. The summed E-state index contributed by atoms with van der Waals surface area (Å²) in [5.41, 5.74) is 5.20. The summed E-state index contributed by atoms with van der Waals surface area (Å²) in [6.07, 6.45) is 3.67. The van der Waals surface area contributed by atoms with E-state index in [2.05, 4.69) is 64.4 Å². The van der Waals surface area contributed by atoms with Crippen molar-refractivity contribution in [1.82, 2.24) is 0 Å². The van der Waals surface area contributed by atoms with Crippen LogP contribution in [0.25, 0.3) is 0 Å². The smallest absolute Gasteiger partial charge is 0.150 e. The first kappa shape index (κ1) is 20.6. The lowest BCUT2D eigenvalue weighted by Gasteiger charge is -2.21. The molecule has 0 aliphatic carbocycles. The zero-order chi connectivity index (χ0) is 20.0. The van der Waals surface area contributed by atoms with Gasteiger partial charge < -0.3 is 10.1 Å². The summed E-state index contributed by atoms with van der Waals surface area (Å²) in [5.74, 6) is 2.51. The van der Waals surface area contributed by atoms with Crippen LogP contribution >= 0.6 is 0 Å². The van der Waals surface area contributed by atoms with Gasteiger partial charge in [-0.15, -0.1) is 0 Å². The van der Waals surface area contributed by atoms with Crippen LogP contribution in [0.2, 0.25) is 0 Å². The summed E-state index contributed by atoms with van der Waals surface area (Å²) in [6, 6.07) is 14.4. The third kappa shape index (κ3) is 5.13. The molecule has 0 aliphatic heterocycles.